The van der Waals surface area contributed by atoms with E-state index < -0.39 is 22.1 Å². The SMILES string of the molecule is Cc1c(Cl)c(C(F)F)nn1CC(=O)N1CCN(S(=O)(=O)c2cnn(C)c2)CC1. The monoisotopic (exact) mass is 436 g/mol. The molecular weight excluding hydrogens is 418 g/mol. The molecule has 0 unspecified atom stereocenters. The molecule has 3 rings (SSSR count). The highest BCUT2D eigenvalue weighted by Gasteiger charge is 2.31. The Morgan fingerprint density at radius 2 is 1.93 bits per heavy atom. The summed E-state index contributed by atoms with van der Waals surface area (Å²) in [4.78, 5) is 14.1. The summed E-state index contributed by atoms with van der Waals surface area (Å²) in [7, 11) is -2.05. The molecule has 2 aromatic heterocycles. The van der Waals surface area contributed by atoms with Crippen molar-refractivity contribution >= 4 is 27.5 Å². The van der Waals surface area contributed by atoms with Crippen LogP contribution >= 0.6 is 11.6 Å². The number of carbonyl (C=O) groups is 1. The number of aromatic nitrogens is 4. The molecule has 0 spiro atoms. The third-order valence-corrected chi connectivity index (χ3v) is 6.88. The third-order valence-electron chi connectivity index (χ3n) is 4.56. The number of alkyl halides is 2. The predicted octanol–water partition coefficient (Wildman–Crippen LogP) is 1.05. The average Bonchev–Trinajstić information content (AvgIpc) is 3.21. The average molecular weight is 437 g/mol. The topological polar surface area (TPSA) is 93.3 Å². The number of rotatable bonds is 5. The molecule has 154 valence electrons. The maximum absolute atomic E-state index is 12.9. The van der Waals surface area contributed by atoms with Crippen molar-refractivity contribution in [1.82, 2.24) is 28.8 Å². The van der Waals surface area contributed by atoms with Crippen LogP contribution in [0.5, 0.6) is 0 Å². The first-order valence-electron chi connectivity index (χ1n) is 8.38. The molecule has 0 bridgehead atoms. The Morgan fingerprint density at radius 3 is 2.43 bits per heavy atom. The fraction of sp³-hybridized carbons (Fsp3) is 0.533. The van der Waals surface area contributed by atoms with Gasteiger partial charge in [0.1, 0.15) is 17.1 Å². The van der Waals surface area contributed by atoms with E-state index in [0.29, 0.717) is 0 Å². The fourth-order valence-corrected chi connectivity index (χ4v) is 4.55. The van der Waals surface area contributed by atoms with Crippen LogP contribution in [0.3, 0.4) is 0 Å². The zero-order valence-corrected chi connectivity index (χ0v) is 16.8. The Balaban J connectivity index is 1.64. The normalized spacial score (nSPS) is 16.1. The maximum Gasteiger partial charge on any atom is 0.283 e. The van der Waals surface area contributed by atoms with Crippen LogP contribution in [0.1, 0.15) is 17.8 Å². The van der Waals surface area contributed by atoms with Crippen LogP contribution in [0.15, 0.2) is 17.3 Å². The Labute approximate surface area is 165 Å². The van der Waals surface area contributed by atoms with Gasteiger partial charge in [-0.2, -0.15) is 14.5 Å². The molecule has 1 saturated heterocycles. The van der Waals surface area contributed by atoms with Crippen LogP contribution in [0.2, 0.25) is 5.02 Å². The van der Waals surface area contributed by atoms with E-state index in [-0.39, 0.29) is 54.2 Å². The Bertz CT molecular complexity index is 982. The lowest BCUT2D eigenvalue weighted by molar-refractivity contribution is -0.133. The summed E-state index contributed by atoms with van der Waals surface area (Å²) in [5.74, 6) is -0.346. The summed E-state index contributed by atoms with van der Waals surface area (Å²) < 4.78 is 54.8. The third kappa shape index (κ3) is 3.89. The number of sulfonamides is 1. The van der Waals surface area contributed by atoms with Crippen molar-refractivity contribution < 1.29 is 22.0 Å². The molecule has 0 atom stereocenters. The summed E-state index contributed by atoms with van der Waals surface area (Å²) in [5, 5.41) is 7.42. The predicted molar refractivity (Wildman–Crippen MR) is 95.5 cm³/mol. The van der Waals surface area contributed by atoms with E-state index in [0.717, 1.165) is 4.68 Å². The lowest BCUT2D eigenvalue weighted by Crippen LogP contribution is -2.51. The summed E-state index contributed by atoms with van der Waals surface area (Å²) in [6.07, 6.45) is -0.140. The number of piperazine rings is 1. The summed E-state index contributed by atoms with van der Waals surface area (Å²) in [5.41, 5.74) is -0.276. The van der Waals surface area contributed by atoms with Gasteiger partial charge in [-0.25, -0.2) is 17.2 Å². The molecule has 1 amide bonds. The van der Waals surface area contributed by atoms with Gasteiger partial charge >= 0.3 is 0 Å². The molecule has 0 radical (unpaired) electrons. The van der Waals surface area contributed by atoms with Crippen LogP contribution in [0.25, 0.3) is 0 Å². The van der Waals surface area contributed by atoms with Crippen molar-refractivity contribution in [3.8, 4) is 0 Å². The molecule has 0 aliphatic carbocycles. The standard InChI is InChI=1S/C15H19ClF2N6O3S/c1-10-13(16)14(15(17)18)20-24(10)9-12(25)22-3-5-23(6-4-22)28(26,27)11-7-19-21(2)8-11/h7-8,15H,3-6,9H2,1-2H3. The number of amides is 1. The van der Waals surface area contributed by atoms with E-state index in [1.165, 1.54) is 33.2 Å². The Morgan fingerprint density at radius 1 is 1.29 bits per heavy atom. The van der Waals surface area contributed by atoms with Crippen LogP contribution in [0.4, 0.5) is 8.78 Å². The minimum Gasteiger partial charge on any atom is -0.338 e. The molecule has 1 aliphatic rings. The molecule has 0 saturated carbocycles. The summed E-state index contributed by atoms with van der Waals surface area (Å²) in [6.45, 7) is 1.90. The van der Waals surface area contributed by atoms with Gasteiger partial charge < -0.3 is 4.90 Å². The van der Waals surface area contributed by atoms with E-state index >= 15 is 0 Å². The Hall–Kier alpha value is -2.05. The van der Waals surface area contributed by atoms with Crippen molar-refractivity contribution in [2.24, 2.45) is 7.05 Å². The molecule has 3 heterocycles. The van der Waals surface area contributed by atoms with Gasteiger partial charge in [0.2, 0.25) is 15.9 Å². The summed E-state index contributed by atoms with van der Waals surface area (Å²) in [6, 6.07) is 0. The molecule has 1 fully saturated rings. The van der Waals surface area contributed by atoms with Crippen molar-refractivity contribution in [1.29, 1.82) is 0 Å². The molecule has 9 nitrogen and oxygen atoms in total. The van der Waals surface area contributed by atoms with Gasteiger partial charge in [0.15, 0.2) is 0 Å². The summed E-state index contributed by atoms with van der Waals surface area (Å²) >= 11 is 5.84. The number of nitrogens with zero attached hydrogens (tertiary/aromatic N) is 6. The minimum absolute atomic E-state index is 0.0936. The van der Waals surface area contributed by atoms with Gasteiger partial charge in [-0.1, -0.05) is 11.6 Å². The van der Waals surface area contributed by atoms with Crippen molar-refractivity contribution in [2.45, 2.75) is 24.8 Å². The number of carbonyl (C=O) groups excluding carboxylic acids is 1. The quantitative estimate of drug-likeness (QED) is 0.698. The second kappa shape index (κ2) is 7.76. The molecule has 0 aromatic carbocycles. The van der Waals surface area contributed by atoms with Gasteiger partial charge in [0.25, 0.3) is 6.43 Å². The highest BCUT2D eigenvalue weighted by Crippen LogP contribution is 2.28. The first kappa shape index (κ1) is 20.7. The van der Waals surface area contributed by atoms with E-state index in [1.807, 2.05) is 0 Å². The van der Waals surface area contributed by atoms with Gasteiger partial charge in [-0.15, -0.1) is 0 Å². The highest BCUT2D eigenvalue weighted by molar-refractivity contribution is 7.89. The van der Waals surface area contributed by atoms with Crippen molar-refractivity contribution in [3.63, 3.8) is 0 Å². The first-order chi connectivity index (χ1) is 13.1. The number of hydrogen-bond acceptors (Lipinski definition) is 5. The zero-order valence-electron chi connectivity index (χ0n) is 15.2. The van der Waals surface area contributed by atoms with Gasteiger partial charge in [-0.05, 0) is 6.92 Å². The van der Waals surface area contributed by atoms with Crippen LogP contribution in [-0.4, -0.2) is 69.3 Å². The number of hydrogen-bond donors (Lipinski definition) is 0. The lowest BCUT2D eigenvalue weighted by atomic mass is 10.3. The van der Waals surface area contributed by atoms with Gasteiger partial charge in [0, 0.05) is 39.4 Å². The molecule has 0 N–H and O–H groups in total. The molecule has 28 heavy (non-hydrogen) atoms. The second-order valence-electron chi connectivity index (χ2n) is 6.38. The maximum atomic E-state index is 12.9. The zero-order chi connectivity index (χ0) is 20.6. The van der Waals surface area contributed by atoms with Gasteiger partial charge in [0.05, 0.1) is 16.9 Å². The molecule has 1 aliphatic heterocycles. The highest BCUT2D eigenvalue weighted by atomic mass is 35.5. The van der Waals surface area contributed by atoms with Crippen molar-refractivity contribution in [3.05, 3.63) is 28.8 Å². The lowest BCUT2D eigenvalue weighted by Gasteiger charge is -2.33. The van der Waals surface area contributed by atoms with Crippen LogP contribution in [-0.2, 0) is 28.4 Å². The Kier molecular flexibility index (Phi) is 5.73. The number of aryl methyl sites for hydroxylation is 1. The molecular formula is C15H19ClF2N6O3S. The van der Waals surface area contributed by atoms with Crippen LogP contribution in [0, 0.1) is 6.92 Å². The minimum atomic E-state index is -3.67. The first-order valence-corrected chi connectivity index (χ1v) is 10.2. The van der Waals surface area contributed by atoms with Crippen molar-refractivity contribution in [2.75, 3.05) is 26.2 Å². The van der Waals surface area contributed by atoms with Gasteiger partial charge in [-0.3, -0.25) is 14.2 Å². The molecule has 2 aromatic rings. The largest absolute Gasteiger partial charge is 0.338 e. The van der Waals surface area contributed by atoms with Crippen LogP contribution < -0.4 is 0 Å². The number of halogens is 3. The smallest absolute Gasteiger partial charge is 0.283 e. The second-order valence-corrected chi connectivity index (χ2v) is 8.69. The molecule has 13 heteroatoms. The van der Waals surface area contributed by atoms with E-state index in [2.05, 4.69) is 10.2 Å². The van der Waals surface area contributed by atoms with E-state index in [4.69, 9.17) is 11.6 Å². The fourth-order valence-electron chi connectivity index (χ4n) is 2.93. The van der Waals surface area contributed by atoms with E-state index in [1.54, 1.807) is 7.05 Å². The van der Waals surface area contributed by atoms with E-state index in [9.17, 15) is 22.0 Å².